The van der Waals surface area contributed by atoms with Gasteiger partial charge in [0.15, 0.2) is 0 Å². The Balaban J connectivity index is 1.50. The summed E-state index contributed by atoms with van der Waals surface area (Å²) < 4.78 is 60.2. The minimum absolute atomic E-state index is 0.0370. The Labute approximate surface area is 253 Å². The summed E-state index contributed by atoms with van der Waals surface area (Å²) in [6.07, 6.45) is 0.102. The van der Waals surface area contributed by atoms with Gasteiger partial charge in [0, 0.05) is 24.9 Å². The van der Waals surface area contributed by atoms with E-state index in [1.54, 1.807) is 48.5 Å². The number of hydrogen-bond donors (Lipinski definition) is 0. The molecule has 2 saturated heterocycles. The number of fused-ring (bicyclic) bond motifs is 1. The van der Waals surface area contributed by atoms with Gasteiger partial charge in [-0.1, -0.05) is 96.1 Å². The topological polar surface area (TPSA) is 91.8 Å². The molecule has 0 aromatic heterocycles. The number of ketones is 1. The Kier molecular flexibility index (Phi) is 7.85. The van der Waals surface area contributed by atoms with E-state index in [2.05, 4.69) is 0 Å². The molecule has 0 saturated carbocycles. The van der Waals surface area contributed by atoms with Crippen LogP contribution in [0.5, 0.6) is 0 Å². The highest BCUT2D eigenvalue weighted by molar-refractivity contribution is 7.89. The van der Waals surface area contributed by atoms with Crippen molar-refractivity contribution < 1.29 is 21.6 Å². The molecular formula is C34H34N2O5S2. The minimum atomic E-state index is -4.07. The molecule has 6 rings (SSSR count). The van der Waals surface area contributed by atoms with Gasteiger partial charge in [-0.05, 0) is 55.7 Å². The fourth-order valence-corrected chi connectivity index (χ4v) is 9.92. The first-order valence-corrected chi connectivity index (χ1v) is 17.3. The lowest BCUT2D eigenvalue weighted by Crippen LogP contribution is -2.60. The lowest BCUT2D eigenvalue weighted by molar-refractivity contribution is -0.132. The monoisotopic (exact) mass is 614 g/mol. The highest BCUT2D eigenvalue weighted by atomic mass is 32.2. The molecule has 4 atom stereocenters. The molecule has 0 spiro atoms. The van der Waals surface area contributed by atoms with Crippen LogP contribution < -0.4 is 0 Å². The standard InChI is InChI=1S/C34H34N2O5S2/c1-24-13-17-28(18-14-24)42(38,39)35-23-30-33(21-31(35)26-9-5-3-6-10-26)36(43(40,41)29-19-15-25(2)16-20-29)32(22-34(30)37)27-11-7-4-8-12-27/h3-20,30-33H,21-23H2,1-2H3/t30?,31?,32-,33+/m1/s1. The number of carbonyl (C=O) groups is 1. The van der Waals surface area contributed by atoms with Crippen molar-refractivity contribution in [2.75, 3.05) is 6.54 Å². The van der Waals surface area contributed by atoms with E-state index >= 15 is 0 Å². The normalized spacial score (nSPS) is 23.5. The zero-order chi connectivity index (χ0) is 30.4. The van der Waals surface area contributed by atoms with Gasteiger partial charge in [-0.15, -0.1) is 0 Å². The zero-order valence-corrected chi connectivity index (χ0v) is 25.7. The van der Waals surface area contributed by atoms with Crippen LogP contribution >= 0.6 is 0 Å². The Hall–Kier alpha value is -3.63. The fourth-order valence-electron chi connectivity index (χ4n) is 6.42. The summed E-state index contributed by atoms with van der Waals surface area (Å²) in [5.74, 6) is -0.954. The first kappa shape index (κ1) is 29.4. The zero-order valence-electron chi connectivity index (χ0n) is 24.1. The quantitative estimate of drug-likeness (QED) is 0.273. The number of sulfonamides is 2. The third-order valence-corrected chi connectivity index (χ3v) is 12.5. The number of aryl methyl sites for hydroxylation is 2. The second-order valence-corrected chi connectivity index (χ2v) is 15.2. The molecular weight excluding hydrogens is 581 g/mol. The third kappa shape index (κ3) is 5.47. The summed E-state index contributed by atoms with van der Waals surface area (Å²) in [5, 5.41) is 0. The number of piperidine rings is 2. The van der Waals surface area contributed by atoms with Gasteiger partial charge in [-0.2, -0.15) is 8.61 Å². The lowest BCUT2D eigenvalue weighted by atomic mass is 9.77. The molecule has 0 radical (unpaired) electrons. The van der Waals surface area contributed by atoms with E-state index in [4.69, 9.17) is 0 Å². The number of rotatable bonds is 6. The molecule has 0 amide bonds. The van der Waals surface area contributed by atoms with Crippen molar-refractivity contribution in [3.05, 3.63) is 131 Å². The van der Waals surface area contributed by atoms with Crippen LogP contribution in [0.3, 0.4) is 0 Å². The van der Waals surface area contributed by atoms with E-state index in [1.165, 1.54) is 8.61 Å². The summed E-state index contributed by atoms with van der Waals surface area (Å²) in [7, 11) is -8.08. The van der Waals surface area contributed by atoms with Gasteiger partial charge < -0.3 is 0 Å². The van der Waals surface area contributed by atoms with Crippen LogP contribution in [0.4, 0.5) is 0 Å². The first-order chi connectivity index (χ1) is 20.6. The molecule has 2 fully saturated rings. The van der Waals surface area contributed by atoms with Gasteiger partial charge in [-0.25, -0.2) is 16.8 Å². The number of Topliss-reactive ketones (excluding diaryl/α,β-unsaturated/α-hetero) is 1. The maximum atomic E-state index is 14.5. The maximum absolute atomic E-state index is 14.5. The van der Waals surface area contributed by atoms with Crippen LogP contribution in [0.2, 0.25) is 0 Å². The van der Waals surface area contributed by atoms with Crippen LogP contribution in [0.1, 0.15) is 47.2 Å². The molecule has 0 bridgehead atoms. The average molecular weight is 615 g/mol. The predicted molar refractivity (Wildman–Crippen MR) is 165 cm³/mol. The van der Waals surface area contributed by atoms with Gasteiger partial charge in [-0.3, -0.25) is 4.79 Å². The third-order valence-electron chi connectivity index (χ3n) is 8.69. The second kappa shape index (κ2) is 11.5. The highest BCUT2D eigenvalue weighted by Crippen LogP contribution is 2.48. The minimum Gasteiger partial charge on any atom is -0.299 e. The van der Waals surface area contributed by atoms with Crippen LogP contribution in [0.25, 0.3) is 0 Å². The van der Waals surface area contributed by atoms with Gasteiger partial charge in [0.05, 0.1) is 21.9 Å². The van der Waals surface area contributed by atoms with Crippen molar-refractivity contribution in [2.24, 2.45) is 5.92 Å². The molecule has 43 heavy (non-hydrogen) atoms. The van der Waals surface area contributed by atoms with Crippen molar-refractivity contribution in [3.8, 4) is 0 Å². The Bertz CT molecular complexity index is 1830. The van der Waals surface area contributed by atoms with Crippen LogP contribution in [-0.4, -0.2) is 43.8 Å². The van der Waals surface area contributed by atoms with Gasteiger partial charge in [0.2, 0.25) is 20.0 Å². The van der Waals surface area contributed by atoms with Crippen molar-refractivity contribution >= 4 is 25.8 Å². The fraction of sp³-hybridized carbons (Fsp3) is 0.265. The van der Waals surface area contributed by atoms with Crippen molar-refractivity contribution in [1.29, 1.82) is 0 Å². The highest BCUT2D eigenvalue weighted by Gasteiger charge is 2.54. The molecule has 4 aromatic rings. The Morgan fingerprint density at radius 1 is 0.605 bits per heavy atom. The molecule has 0 N–H and O–H groups in total. The van der Waals surface area contributed by atoms with Crippen LogP contribution in [0, 0.1) is 19.8 Å². The molecule has 2 aliphatic heterocycles. The molecule has 2 heterocycles. The van der Waals surface area contributed by atoms with E-state index < -0.39 is 44.1 Å². The average Bonchev–Trinajstić information content (AvgIpc) is 3.01. The van der Waals surface area contributed by atoms with Crippen LogP contribution in [0.15, 0.2) is 119 Å². The Morgan fingerprint density at radius 2 is 1.07 bits per heavy atom. The van der Waals surface area contributed by atoms with Gasteiger partial charge in [0.1, 0.15) is 5.78 Å². The molecule has 222 valence electrons. The van der Waals surface area contributed by atoms with Gasteiger partial charge in [0.25, 0.3) is 0 Å². The molecule has 0 aliphatic carbocycles. The molecule has 9 heteroatoms. The largest absolute Gasteiger partial charge is 0.299 e. The van der Waals surface area contributed by atoms with E-state index in [1.807, 2.05) is 74.5 Å². The van der Waals surface area contributed by atoms with Gasteiger partial charge >= 0.3 is 0 Å². The summed E-state index contributed by atoms with van der Waals surface area (Å²) in [5.41, 5.74) is 3.35. The predicted octanol–water partition coefficient (Wildman–Crippen LogP) is 5.83. The summed E-state index contributed by atoms with van der Waals surface area (Å²) in [6, 6.07) is 29.8. The number of nitrogens with zero attached hydrogens (tertiary/aromatic N) is 2. The Morgan fingerprint density at radius 3 is 1.58 bits per heavy atom. The first-order valence-electron chi connectivity index (χ1n) is 14.4. The summed E-state index contributed by atoms with van der Waals surface area (Å²) in [6.45, 7) is 3.68. The summed E-state index contributed by atoms with van der Waals surface area (Å²) in [4.78, 5) is 14.2. The number of carbonyl (C=O) groups excluding carboxylic acids is 1. The van der Waals surface area contributed by atoms with Crippen LogP contribution in [-0.2, 0) is 24.8 Å². The van der Waals surface area contributed by atoms with E-state index in [9.17, 15) is 21.6 Å². The van der Waals surface area contributed by atoms with Crippen molar-refractivity contribution in [3.63, 3.8) is 0 Å². The van der Waals surface area contributed by atoms with Crippen molar-refractivity contribution in [1.82, 2.24) is 8.61 Å². The molecule has 7 nitrogen and oxygen atoms in total. The van der Waals surface area contributed by atoms with E-state index in [0.717, 1.165) is 22.3 Å². The van der Waals surface area contributed by atoms with Crippen molar-refractivity contribution in [2.45, 2.75) is 54.6 Å². The SMILES string of the molecule is Cc1ccc(S(=O)(=O)N2CC3C(=O)C[C@H](c4ccccc4)N(S(=O)(=O)c4ccc(C)cc4)[C@H]3CC2c2ccccc2)cc1. The molecule has 2 aliphatic rings. The molecule has 2 unspecified atom stereocenters. The second-order valence-electron chi connectivity index (χ2n) is 11.5. The van der Waals surface area contributed by atoms with E-state index in [0.29, 0.717) is 0 Å². The number of benzene rings is 4. The summed E-state index contributed by atoms with van der Waals surface area (Å²) >= 11 is 0. The van der Waals surface area contributed by atoms with E-state index in [-0.39, 0.29) is 35.0 Å². The lowest BCUT2D eigenvalue weighted by Gasteiger charge is -2.51. The smallest absolute Gasteiger partial charge is 0.243 e. The number of hydrogen-bond acceptors (Lipinski definition) is 5. The molecule has 4 aromatic carbocycles. The maximum Gasteiger partial charge on any atom is 0.243 e.